The molecule has 1 aromatic rings. The Hall–Kier alpha value is -3.82. The number of carbonyl (C=O) groups excluding carboxylic acids is 3. The van der Waals surface area contributed by atoms with Gasteiger partial charge in [-0.15, -0.1) is 13.2 Å². The molecule has 1 aromatic carbocycles. The third kappa shape index (κ3) is 3.97. The van der Waals surface area contributed by atoms with Gasteiger partial charge in [-0.3, -0.25) is 19.3 Å². The standard InChI is InChI=1S/C28H31F3N4O8/c1-3-35(2)19-12-7-10-6-11-14(20(36)13(10)24(39)27(12,42)25(40)16(22(19)38)26(32)41)21(37)18-15(23(11)43-28(29,30)31)17-9(8-34-18)4-5-33-17/h9-10,12,17,19,33-34,36-37,40,42H,3-8H2,1-2H3,(H2,32,41)/t9?,10-,12-,17?,19-,27-/m0/s1. The molecule has 2 unspecified atom stereocenters. The van der Waals surface area contributed by atoms with Crippen LogP contribution in [0.3, 0.4) is 0 Å². The molecule has 0 bridgehead atoms. The topological polar surface area (TPSA) is 195 Å². The third-order valence-corrected chi connectivity index (χ3v) is 9.71. The van der Waals surface area contributed by atoms with Crippen molar-refractivity contribution in [1.82, 2.24) is 10.2 Å². The van der Waals surface area contributed by atoms with E-state index < -0.39 is 93.1 Å². The summed E-state index contributed by atoms with van der Waals surface area (Å²) in [5, 5.41) is 51.8. The Labute approximate surface area is 243 Å². The van der Waals surface area contributed by atoms with Gasteiger partial charge in [0.1, 0.15) is 22.8 Å². The molecule has 15 heteroatoms. The molecule has 2 fully saturated rings. The number of likely N-dealkylation sites (N-methyl/N-ethyl adjacent to an activating group) is 1. The minimum atomic E-state index is -5.14. The highest BCUT2D eigenvalue weighted by molar-refractivity contribution is 6.24. The maximum absolute atomic E-state index is 14.1. The fourth-order valence-electron chi connectivity index (χ4n) is 7.73. The fourth-order valence-corrected chi connectivity index (χ4v) is 7.73. The van der Waals surface area contributed by atoms with E-state index >= 15 is 0 Å². The van der Waals surface area contributed by atoms with Crippen LogP contribution in [-0.2, 0) is 20.8 Å². The van der Waals surface area contributed by atoms with E-state index in [0.29, 0.717) is 19.5 Å². The number of nitrogens with two attached hydrogens (primary N) is 1. The van der Waals surface area contributed by atoms with Gasteiger partial charge >= 0.3 is 6.36 Å². The number of Topliss-reactive ketones (excluding diaryl/α,β-unsaturated/α-hetero) is 2. The van der Waals surface area contributed by atoms with Crippen molar-refractivity contribution in [3.63, 3.8) is 0 Å². The van der Waals surface area contributed by atoms with Crippen molar-refractivity contribution in [3.05, 3.63) is 33.6 Å². The summed E-state index contributed by atoms with van der Waals surface area (Å²) in [7, 11) is 1.51. The first-order chi connectivity index (χ1) is 20.1. The second kappa shape index (κ2) is 9.59. The first kappa shape index (κ1) is 29.3. The Morgan fingerprint density at radius 2 is 1.93 bits per heavy atom. The smallest absolute Gasteiger partial charge is 0.508 e. The Balaban J connectivity index is 1.60. The number of halogens is 3. The molecule has 6 atom stereocenters. The van der Waals surface area contributed by atoms with Crippen molar-refractivity contribution < 1.29 is 52.7 Å². The Morgan fingerprint density at radius 3 is 2.56 bits per heavy atom. The number of carbonyl (C=O) groups is 3. The zero-order chi connectivity index (χ0) is 31.3. The highest BCUT2D eigenvalue weighted by atomic mass is 19.4. The summed E-state index contributed by atoms with van der Waals surface area (Å²) in [6.45, 7) is 2.74. The number of aliphatic hydroxyl groups excluding tert-OH is 2. The average molecular weight is 609 g/mol. The molecule has 43 heavy (non-hydrogen) atoms. The van der Waals surface area contributed by atoms with E-state index in [1.807, 2.05) is 0 Å². The first-order valence-electron chi connectivity index (χ1n) is 14.0. The molecule has 1 amide bonds. The zero-order valence-corrected chi connectivity index (χ0v) is 23.2. The van der Waals surface area contributed by atoms with Gasteiger partial charge < -0.3 is 41.5 Å². The van der Waals surface area contributed by atoms with Gasteiger partial charge in [0.2, 0.25) is 5.78 Å². The van der Waals surface area contributed by atoms with Crippen molar-refractivity contribution in [2.75, 3.05) is 32.0 Å². The number of nitrogens with one attached hydrogen (secondary N) is 2. The summed E-state index contributed by atoms with van der Waals surface area (Å²) in [6, 6.07) is -1.89. The van der Waals surface area contributed by atoms with E-state index in [-0.39, 0.29) is 42.1 Å². The van der Waals surface area contributed by atoms with Crippen LogP contribution in [0.25, 0.3) is 5.76 Å². The molecule has 3 aliphatic carbocycles. The van der Waals surface area contributed by atoms with Crippen LogP contribution >= 0.6 is 0 Å². The Bertz CT molecular complexity index is 1540. The molecule has 8 N–H and O–H groups in total. The maximum Gasteiger partial charge on any atom is 0.573 e. The number of phenols is 1. The number of hydrogen-bond donors (Lipinski definition) is 7. The molecule has 6 rings (SSSR count). The number of rotatable bonds is 4. The van der Waals surface area contributed by atoms with Gasteiger partial charge in [0.15, 0.2) is 17.1 Å². The lowest BCUT2D eigenvalue weighted by molar-refractivity contribution is -0.275. The highest BCUT2D eigenvalue weighted by Gasteiger charge is 2.64. The van der Waals surface area contributed by atoms with Crippen molar-refractivity contribution in [3.8, 4) is 11.5 Å². The van der Waals surface area contributed by atoms with Crippen LogP contribution < -0.4 is 21.1 Å². The predicted octanol–water partition coefficient (Wildman–Crippen LogP) is 1.33. The lowest BCUT2D eigenvalue weighted by Crippen LogP contribution is -2.66. The number of anilines is 1. The maximum atomic E-state index is 14.1. The molecule has 2 aliphatic heterocycles. The molecular weight excluding hydrogens is 577 g/mol. The minimum Gasteiger partial charge on any atom is -0.508 e. The van der Waals surface area contributed by atoms with E-state index in [4.69, 9.17) is 5.73 Å². The lowest BCUT2D eigenvalue weighted by atomic mass is 9.57. The molecule has 12 nitrogen and oxygen atoms in total. The SMILES string of the molecule is CCN(C)[C@@H]1C(=O)C(C(N)=O)=C(O)[C@@]2(O)C(=O)C3=C(O)c4c(O)c5c(c(OC(F)(F)F)c4C[C@H]3C[C@@H]12)C1NCCC1CN5. The van der Waals surface area contributed by atoms with Gasteiger partial charge in [0.05, 0.1) is 17.3 Å². The summed E-state index contributed by atoms with van der Waals surface area (Å²) in [6.07, 6.45) is -5.07. The largest absolute Gasteiger partial charge is 0.573 e. The highest BCUT2D eigenvalue weighted by Crippen LogP contribution is 2.58. The number of amides is 1. The third-order valence-electron chi connectivity index (χ3n) is 9.71. The van der Waals surface area contributed by atoms with Gasteiger partial charge in [-0.05, 0) is 51.2 Å². The number of primary amides is 1. The lowest BCUT2D eigenvalue weighted by Gasteiger charge is -2.50. The summed E-state index contributed by atoms with van der Waals surface area (Å²) >= 11 is 0. The van der Waals surface area contributed by atoms with Gasteiger partial charge in [0, 0.05) is 35.2 Å². The summed E-state index contributed by atoms with van der Waals surface area (Å²) < 4.78 is 46.1. The number of fused-ring (bicyclic) bond motifs is 6. The predicted molar refractivity (Wildman–Crippen MR) is 143 cm³/mol. The second-order valence-electron chi connectivity index (χ2n) is 11.8. The molecule has 0 aromatic heterocycles. The van der Waals surface area contributed by atoms with Crippen molar-refractivity contribution >= 4 is 28.9 Å². The van der Waals surface area contributed by atoms with Crippen LogP contribution in [-0.4, -0.2) is 87.5 Å². The molecule has 1 saturated heterocycles. The number of alkyl halides is 3. The van der Waals surface area contributed by atoms with E-state index in [2.05, 4.69) is 15.4 Å². The van der Waals surface area contributed by atoms with Crippen molar-refractivity contribution in [2.24, 2.45) is 23.5 Å². The van der Waals surface area contributed by atoms with Crippen LogP contribution in [0.1, 0.15) is 42.5 Å². The zero-order valence-electron chi connectivity index (χ0n) is 23.2. The normalized spacial score (nSPS) is 31.7. The number of aromatic hydroxyl groups is 1. The molecule has 1 saturated carbocycles. The molecule has 5 aliphatic rings. The van der Waals surface area contributed by atoms with Crippen molar-refractivity contribution in [1.29, 1.82) is 0 Å². The van der Waals surface area contributed by atoms with E-state index in [0.717, 1.165) is 0 Å². The minimum absolute atomic E-state index is 0.0559. The van der Waals surface area contributed by atoms with Gasteiger partial charge in [-0.25, -0.2) is 0 Å². The number of phenolic OH excluding ortho intramolecular Hbond substituents is 1. The number of ketones is 2. The number of hydrogen-bond acceptors (Lipinski definition) is 11. The fraction of sp³-hybridized carbons (Fsp3) is 0.536. The molecule has 232 valence electrons. The van der Waals surface area contributed by atoms with Crippen molar-refractivity contribution in [2.45, 2.75) is 50.2 Å². The summed E-state index contributed by atoms with van der Waals surface area (Å²) in [5.74, 6) is -9.39. The van der Waals surface area contributed by atoms with Crippen LogP contribution in [0.2, 0.25) is 0 Å². The van der Waals surface area contributed by atoms with E-state index in [1.165, 1.54) is 11.9 Å². The first-order valence-corrected chi connectivity index (χ1v) is 14.0. The average Bonchev–Trinajstić information content (AvgIpc) is 3.41. The van der Waals surface area contributed by atoms with Crippen LogP contribution in [0.15, 0.2) is 16.9 Å². The number of nitrogens with zero attached hydrogens (tertiary/aromatic N) is 1. The number of benzene rings is 1. The molecule has 0 spiro atoms. The monoisotopic (exact) mass is 608 g/mol. The van der Waals surface area contributed by atoms with Crippen LogP contribution in [0.5, 0.6) is 11.5 Å². The Morgan fingerprint density at radius 1 is 1.23 bits per heavy atom. The second-order valence-corrected chi connectivity index (χ2v) is 11.8. The number of aliphatic hydroxyl groups is 3. The van der Waals surface area contributed by atoms with Crippen LogP contribution in [0.4, 0.5) is 18.9 Å². The van der Waals surface area contributed by atoms with E-state index in [1.54, 1.807) is 6.92 Å². The van der Waals surface area contributed by atoms with Crippen LogP contribution in [0, 0.1) is 17.8 Å². The number of ether oxygens (including phenoxy) is 1. The molecule has 0 radical (unpaired) electrons. The van der Waals surface area contributed by atoms with Gasteiger partial charge in [-0.1, -0.05) is 6.92 Å². The summed E-state index contributed by atoms with van der Waals surface area (Å²) in [4.78, 5) is 41.1. The molecular formula is C28H31F3N4O8. The van der Waals surface area contributed by atoms with E-state index in [9.17, 15) is 48.0 Å². The molecule has 2 heterocycles. The summed E-state index contributed by atoms with van der Waals surface area (Å²) in [5.41, 5.74) is 0.383. The van der Waals surface area contributed by atoms with Gasteiger partial charge in [-0.2, -0.15) is 0 Å². The van der Waals surface area contributed by atoms with Gasteiger partial charge in [0.25, 0.3) is 5.91 Å². The quantitative estimate of drug-likeness (QED) is 0.193. The Kier molecular flexibility index (Phi) is 6.53.